The van der Waals surface area contributed by atoms with Crippen LogP contribution in [0.15, 0.2) is 42.5 Å². The minimum Gasteiger partial charge on any atom is -0.367 e. The number of hydrogen-bond donors (Lipinski definition) is 1. The van der Waals surface area contributed by atoms with Gasteiger partial charge < -0.3 is 10.5 Å². The number of benzene rings is 2. The average Bonchev–Trinajstić information content (AvgIpc) is 2.43. The summed E-state index contributed by atoms with van der Waals surface area (Å²) in [5, 5.41) is 0. The second kappa shape index (κ2) is 6.69. The van der Waals surface area contributed by atoms with Crippen molar-refractivity contribution in [3.63, 3.8) is 0 Å². The maximum Gasteiger partial charge on any atom is 0.108 e. The van der Waals surface area contributed by atoms with Gasteiger partial charge in [0, 0.05) is 6.54 Å². The van der Waals surface area contributed by atoms with E-state index in [0.29, 0.717) is 13.2 Å². The Morgan fingerprint density at radius 1 is 1.00 bits per heavy atom. The van der Waals surface area contributed by atoms with Gasteiger partial charge in [0.1, 0.15) is 6.10 Å². The summed E-state index contributed by atoms with van der Waals surface area (Å²) in [6, 6.07) is 15.0. The molecule has 2 aromatic carbocycles. The normalized spacial score (nSPS) is 12.4. The van der Waals surface area contributed by atoms with Gasteiger partial charge in [-0.1, -0.05) is 53.6 Å². The summed E-state index contributed by atoms with van der Waals surface area (Å²) in [5.41, 5.74) is 11.8. The Labute approximate surface area is 121 Å². The highest BCUT2D eigenvalue weighted by molar-refractivity contribution is 5.39. The molecule has 0 aliphatic carbocycles. The molecular weight excluding hydrogens is 246 g/mol. The minimum absolute atomic E-state index is 0.0432. The molecule has 2 N–H and O–H groups in total. The number of rotatable bonds is 5. The first kappa shape index (κ1) is 14.8. The Bertz CT molecular complexity index is 577. The van der Waals surface area contributed by atoms with Crippen molar-refractivity contribution in [2.45, 2.75) is 26.9 Å². The third-order valence-corrected chi connectivity index (χ3v) is 3.46. The van der Waals surface area contributed by atoms with Crippen molar-refractivity contribution in [3.8, 4) is 0 Å². The van der Waals surface area contributed by atoms with Crippen molar-refractivity contribution in [2.24, 2.45) is 5.73 Å². The molecule has 20 heavy (non-hydrogen) atoms. The van der Waals surface area contributed by atoms with Gasteiger partial charge in [0.15, 0.2) is 0 Å². The van der Waals surface area contributed by atoms with Crippen LogP contribution in [0.4, 0.5) is 0 Å². The summed E-state index contributed by atoms with van der Waals surface area (Å²) in [6.45, 7) is 7.44. The minimum atomic E-state index is -0.0432. The molecule has 2 heteroatoms. The lowest BCUT2D eigenvalue weighted by atomic mass is 9.95. The van der Waals surface area contributed by atoms with Gasteiger partial charge in [-0.05, 0) is 37.5 Å². The topological polar surface area (TPSA) is 35.2 Å². The lowest BCUT2D eigenvalue weighted by molar-refractivity contribution is 0.0859. The van der Waals surface area contributed by atoms with E-state index < -0.39 is 0 Å². The second-order valence-corrected chi connectivity index (χ2v) is 5.31. The highest BCUT2D eigenvalue weighted by atomic mass is 16.5. The molecule has 0 saturated heterocycles. The summed E-state index contributed by atoms with van der Waals surface area (Å²) >= 11 is 0. The van der Waals surface area contributed by atoms with Gasteiger partial charge in [-0.3, -0.25) is 0 Å². The van der Waals surface area contributed by atoms with E-state index in [1.807, 2.05) is 0 Å². The van der Waals surface area contributed by atoms with E-state index in [9.17, 15) is 0 Å². The zero-order valence-corrected chi connectivity index (χ0v) is 12.5. The van der Waals surface area contributed by atoms with Crippen LogP contribution >= 0.6 is 0 Å². The van der Waals surface area contributed by atoms with Crippen LogP contribution in [-0.2, 0) is 4.74 Å². The molecule has 2 rings (SSSR count). The van der Waals surface area contributed by atoms with Crippen LogP contribution in [-0.4, -0.2) is 13.2 Å². The SMILES string of the molecule is Cc1cccc(C(OCCN)c2cc(C)ccc2C)c1. The van der Waals surface area contributed by atoms with E-state index in [1.165, 1.54) is 27.8 Å². The molecular formula is C18H23NO. The third kappa shape index (κ3) is 3.47. The Morgan fingerprint density at radius 3 is 2.45 bits per heavy atom. The third-order valence-electron chi connectivity index (χ3n) is 3.46. The molecule has 106 valence electrons. The number of ether oxygens (including phenoxy) is 1. The molecule has 0 aliphatic rings. The summed E-state index contributed by atoms with van der Waals surface area (Å²) in [6.07, 6.45) is -0.0432. The van der Waals surface area contributed by atoms with Crippen LogP contribution in [0.1, 0.15) is 33.9 Å². The molecule has 2 aromatic rings. The van der Waals surface area contributed by atoms with E-state index in [-0.39, 0.29) is 6.10 Å². The predicted octanol–water partition coefficient (Wildman–Crippen LogP) is 3.68. The van der Waals surface area contributed by atoms with Crippen molar-refractivity contribution >= 4 is 0 Å². The quantitative estimate of drug-likeness (QED) is 0.898. The van der Waals surface area contributed by atoms with Gasteiger partial charge in [0.25, 0.3) is 0 Å². The Morgan fingerprint density at radius 2 is 1.75 bits per heavy atom. The number of nitrogens with two attached hydrogens (primary N) is 1. The molecule has 0 amide bonds. The van der Waals surface area contributed by atoms with Crippen LogP contribution in [0.2, 0.25) is 0 Å². The van der Waals surface area contributed by atoms with Gasteiger partial charge in [-0.15, -0.1) is 0 Å². The van der Waals surface area contributed by atoms with Gasteiger partial charge in [-0.25, -0.2) is 0 Å². The van der Waals surface area contributed by atoms with Crippen LogP contribution in [0.3, 0.4) is 0 Å². The van der Waals surface area contributed by atoms with Crippen molar-refractivity contribution in [1.82, 2.24) is 0 Å². The average molecular weight is 269 g/mol. The molecule has 0 heterocycles. The molecule has 0 fully saturated rings. The largest absolute Gasteiger partial charge is 0.367 e. The van der Waals surface area contributed by atoms with Crippen molar-refractivity contribution in [3.05, 3.63) is 70.3 Å². The fourth-order valence-electron chi connectivity index (χ4n) is 2.43. The number of aryl methyl sites for hydroxylation is 3. The summed E-state index contributed by atoms with van der Waals surface area (Å²) in [5.74, 6) is 0. The summed E-state index contributed by atoms with van der Waals surface area (Å²) < 4.78 is 6.03. The van der Waals surface area contributed by atoms with Crippen LogP contribution in [0.25, 0.3) is 0 Å². The Hall–Kier alpha value is -1.64. The highest BCUT2D eigenvalue weighted by Gasteiger charge is 2.17. The van der Waals surface area contributed by atoms with E-state index in [1.54, 1.807) is 0 Å². The summed E-state index contributed by atoms with van der Waals surface area (Å²) in [4.78, 5) is 0. The maximum atomic E-state index is 6.03. The molecule has 2 nitrogen and oxygen atoms in total. The molecule has 1 unspecified atom stereocenters. The molecule has 0 aromatic heterocycles. The van der Waals surface area contributed by atoms with E-state index in [4.69, 9.17) is 10.5 Å². The molecule has 0 radical (unpaired) electrons. The number of hydrogen-bond acceptors (Lipinski definition) is 2. The Balaban J connectivity index is 2.44. The van der Waals surface area contributed by atoms with Crippen molar-refractivity contribution in [2.75, 3.05) is 13.2 Å². The molecule has 0 saturated carbocycles. The monoisotopic (exact) mass is 269 g/mol. The first-order valence-electron chi connectivity index (χ1n) is 7.07. The van der Waals surface area contributed by atoms with Crippen LogP contribution in [0.5, 0.6) is 0 Å². The van der Waals surface area contributed by atoms with Crippen LogP contribution in [0, 0.1) is 20.8 Å². The first-order valence-corrected chi connectivity index (χ1v) is 7.07. The van der Waals surface area contributed by atoms with E-state index >= 15 is 0 Å². The van der Waals surface area contributed by atoms with Gasteiger partial charge in [0.05, 0.1) is 6.61 Å². The maximum absolute atomic E-state index is 6.03. The molecule has 0 aliphatic heterocycles. The van der Waals surface area contributed by atoms with Crippen molar-refractivity contribution < 1.29 is 4.74 Å². The van der Waals surface area contributed by atoms with Gasteiger partial charge >= 0.3 is 0 Å². The van der Waals surface area contributed by atoms with Gasteiger partial charge in [0.2, 0.25) is 0 Å². The lowest BCUT2D eigenvalue weighted by Gasteiger charge is -2.21. The van der Waals surface area contributed by atoms with Crippen LogP contribution < -0.4 is 5.73 Å². The zero-order chi connectivity index (χ0) is 14.5. The Kier molecular flexibility index (Phi) is 4.94. The molecule has 0 bridgehead atoms. The zero-order valence-electron chi connectivity index (χ0n) is 12.5. The van der Waals surface area contributed by atoms with Gasteiger partial charge in [-0.2, -0.15) is 0 Å². The van der Waals surface area contributed by atoms with Crippen molar-refractivity contribution in [1.29, 1.82) is 0 Å². The fraction of sp³-hybridized carbons (Fsp3) is 0.333. The van der Waals surface area contributed by atoms with E-state index in [0.717, 1.165) is 0 Å². The molecule has 0 spiro atoms. The fourth-order valence-corrected chi connectivity index (χ4v) is 2.43. The predicted molar refractivity (Wildman–Crippen MR) is 83.9 cm³/mol. The highest BCUT2D eigenvalue weighted by Crippen LogP contribution is 2.29. The first-order chi connectivity index (χ1) is 9.61. The standard InChI is InChI=1S/C18H23NO/c1-13-5-4-6-16(11-13)18(20-10-9-19)17-12-14(2)7-8-15(17)3/h4-8,11-12,18H,9-10,19H2,1-3H3. The lowest BCUT2D eigenvalue weighted by Crippen LogP contribution is -2.14. The van der Waals surface area contributed by atoms with E-state index in [2.05, 4.69) is 63.2 Å². The molecule has 1 atom stereocenters. The summed E-state index contributed by atoms with van der Waals surface area (Å²) in [7, 11) is 0. The smallest absolute Gasteiger partial charge is 0.108 e. The second-order valence-electron chi connectivity index (χ2n) is 5.31.